The molecule has 4 rings (SSSR count). The van der Waals surface area contributed by atoms with Crippen LogP contribution in [0.2, 0.25) is 18.1 Å². The summed E-state index contributed by atoms with van der Waals surface area (Å²) in [5, 5.41) is 1.96. The molecule has 1 fully saturated rings. The minimum atomic E-state index is -2.07. The highest BCUT2D eigenvalue weighted by Gasteiger charge is 2.58. The molecular formula is C26H30N2O3S2Si. The van der Waals surface area contributed by atoms with Crippen LogP contribution in [0, 0.1) is 0 Å². The van der Waals surface area contributed by atoms with E-state index < -0.39 is 30.4 Å². The Kier molecular flexibility index (Phi) is 7.44. The zero-order chi connectivity index (χ0) is 24.3. The van der Waals surface area contributed by atoms with Gasteiger partial charge in [0.05, 0.1) is 0 Å². The summed E-state index contributed by atoms with van der Waals surface area (Å²) in [5.41, 5.74) is 1.24. The van der Waals surface area contributed by atoms with Gasteiger partial charge in [0, 0.05) is 4.88 Å². The number of carbonyl (C=O) groups excluding carboxylic acids is 2. The molecule has 0 spiro atoms. The van der Waals surface area contributed by atoms with E-state index in [9.17, 15) is 9.59 Å². The molecule has 3 amide bonds. The lowest BCUT2D eigenvalue weighted by atomic mass is 9.97. The number of hydrogen-bond donors (Lipinski definition) is 0. The zero-order valence-electron chi connectivity index (χ0n) is 19.7. The van der Waals surface area contributed by atoms with E-state index in [2.05, 4.69) is 20.8 Å². The predicted octanol–water partition coefficient (Wildman–Crippen LogP) is 6.94. The van der Waals surface area contributed by atoms with Crippen molar-refractivity contribution < 1.29 is 14.0 Å². The summed E-state index contributed by atoms with van der Waals surface area (Å²) in [6, 6.07) is 24.3. The molecule has 2 aromatic carbocycles. The lowest BCUT2D eigenvalue weighted by molar-refractivity contribution is -0.158. The molecule has 5 nitrogen and oxygen atoms in total. The van der Waals surface area contributed by atoms with Crippen LogP contribution in [0.4, 0.5) is 16.2 Å². The first-order valence-corrected chi connectivity index (χ1v) is 15.5. The number of quaternary nitrogens is 1. The molecule has 1 aliphatic rings. The minimum Gasteiger partial charge on any atom is -0.470 e. The molecule has 1 saturated heterocycles. The number of amides is 3. The Bertz CT molecular complexity index is 1070. The minimum absolute atomic E-state index is 0.296. The summed E-state index contributed by atoms with van der Waals surface area (Å²) in [7, 11) is -2.07. The molecule has 0 N–H and O–H groups in total. The molecule has 0 bridgehead atoms. The molecule has 34 heavy (non-hydrogen) atoms. The van der Waals surface area contributed by atoms with Crippen LogP contribution in [0.5, 0.6) is 0 Å². The van der Waals surface area contributed by atoms with Gasteiger partial charge in [0.15, 0.2) is 14.4 Å². The molecule has 2 heterocycles. The number of hydrogen-bond acceptors (Lipinski definition) is 5. The van der Waals surface area contributed by atoms with Gasteiger partial charge in [-0.15, -0.1) is 11.3 Å². The van der Waals surface area contributed by atoms with E-state index in [1.807, 2.05) is 78.2 Å². The maximum atomic E-state index is 14.2. The third kappa shape index (κ3) is 4.18. The van der Waals surface area contributed by atoms with Gasteiger partial charge in [-0.2, -0.15) is 0 Å². The average Bonchev–Trinajstić information content (AvgIpc) is 3.42. The monoisotopic (exact) mass is 510 g/mol. The molecule has 8 heteroatoms. The number of likely N-dealkylation sites (tertiary alicyclic amines) is 1. The van der Waals surface area contributed by atoms with Crippen LogP contribution in [0.3, 0.4) is 0 Å². The van der Waals surface area contributed by atoms with Crippen molar-refractivity contribution in [3.63, 3.8) is 0 Å². The highest BCUT2D eigenvalue weighted by Crippen LogP contribution is 2.45. The van der Waals surface area contributed by atoms with E-state index in [-0.39, 0.29) is 5.91 Å². The quantitative estimate of drug-likeness (QED) is 0.142. The number of nitrogens with zero attached hydrogens (tertiary/aromatic N) is 2. The topological polar surface area (TPSA) is 46.6 Å². The van der Waals surface area contributed by atoms with E-state index in [4.69, 9.17) is 17.2 Å². The molecule has 178 valence electrons. The lowest BCUT2D eigenvalue weighted by Gasteiger charge is -2.51. The highest BCUT2D eigenvalue weighted by molar-refractivity contribution is 7.59. The van der Waals surface area contributed by atoms with Crippen LogP contribution in [-0.4, -0.2) is 31.3 Å². The standard InChI is InChI=1S/C26H30N2O3S2Si/c1-4-34(5-2,6-3)31-24-23(22-18-13-19-33-22)27(25(24)29)26(30)28(32,20-14-9-7-10-15-20)21-16-11-8-12-17-21/h7-19,23-24H,4-6H2,1-3H3/t23-,24+/m0/s1. The normalized spacial score (nSPS) is 18.6. The molecule has 1 aliphatic heterocycles. The van der Waals surface area contributed by atoms with Crippen LogP contribution in [-0.2, 0) is 22.0 Å². The van der Waals surface area contributed by atoms with Crippen LogP contribution in [0.1, 0.15) is 31.7 Å². The Morgan fingerprint density at radius 1 is 0.941 bits per heavy atom. The Morgan fingerprint density at radius 2 is 1.47 bits per heavy atom. The van der Waals surface area contributed by atoms with Crippen molar-refractivity contribution >= 4 is 55.8 Å². The van der Waals surface area contributed by atoms with Crippen molar-refractivity contribution in [1.29, 1.82) is 0 Å². The summed E-state index contributed by atoms with van der Waals surface area (Å²) in [6.45, 7) is 6.42. The lowest BCUT2D eigenvalue weighted by Crippen LogP contribution is -2.69. The van der Waals surface area contributed by atoms with Crippen molar-refractivity contribution in [2.45, 2.75) is 51.0 Å². The smallest absolute Gasteiger partial charge is 0.418 e. The largest absolute Gasteiger partial charge is 0.470 e. The van der Waals surface area contributed by atoms with E-state index in [0.717, 1.165) is 23.0 Å². The number of rotatable bonds is 8. The maximum absolute atomic E-state index is 14.2. The summed E-state index contributed by atoms with van der Waals surface area (Å²) in [5.74, 6) is -0.296. The van der Waals surface area contributed by atoms with Gasteiger partial charge in [0.25, 0.3) is 5.91 Å². The summed E-state index contributed by atoms with van der Waals surface area (Å²) in [4.78, 5) is 30.1. The zero-order valence-corrected chi connectivity index (χ0v) is 22.4. The fourth-order valence-corrected chi connectivity index (χ4v) is 8.53. The van der Waals surface area contributed by atoms with Crippen molar-refractivity contribution in [1.82, 2.24) is 8.79 Å². The Balaban J connectivity index is 1.77. The first-order chi connectivity index (χ1) is 16.4. The number of para-hydroxylation sites is 2. The fourth-order valence-electron chi connectivity index (χ4n) is 4.59. The van der Waals surface area contributed by atoms with Crippen molar-refractivity contribution in [3.05, 3.63) is 83.1 Å². The second-order valence-corrected chi connectivity index (χ2v) is 14.8. The van der Waals surface area contributed by atoms with Gasteiger partial charge in [-0.1, -0.05) is 63.2 Å². The van der Waals surface area contributed by atoms with E-state index in [1.54, 1.807) is 0 Å². The molecule has 0 radical (unpaired) electrons. The first kappa shape index (κ1) is 24.9. The number of urea groups is 1. The van der Waals surface area contributed by atoms with Gasteiger partial charge in [-0.05, 0) is 53.8 Å². The Labute approximate surface area is 212 Å². The van der Waals surface area contributed by atoms with Gasteiger partial charge in [0.2, 0.25) is 0 Å². The molecule has 0 saturated carbocycles. The Morgan fingerprint density at radius 3 is 1.91 bits per heavy atom. The average molecular weight is 511 g/mol. The van der Waals surface area contributed by atoms with Gasteiger partial charge in [-0.25, -0.2) is 9.69 Å². The maximum Gasteiger partial charge on any atom is 0.418 e. The van der Waals surface area contributed by atoms with Gasteiger partial charge >= 0.3 is 6.03 Å². The fraction of sp³-hybridized carbons (Fsp3) is 0.308. The molecule has 2 atom stereocenters. The van der Waals surface area contributed by atoms with Crippen molar-refractivity contribution in [2.24, 2.45) is 0 Å². The predicted molar refractivity (Wildman–Crippen MR) is 143 cm³/mol. The number of thiophene rings is 1. The third-order valence-electron chi connectivity index (χ3n) is 6.91. The second-order valence-electron chi connectivity index (χ2n) is 8.51. The number of benzene rings is 2. The van der Waals surface area contributed by atoms with E-state index in [0.29, 0.717) is 11.4 Å². The first-order valence-electron chi connectivity index (χ1n) is 11.7. The number of imide groups is 1. The summed E-state index contributed by atoms with van der Waals surface area (Å²) < 4.78 is 6.09. The third-order valence-corrected chi connectivity index (χ3v) is 13.0. The molecule has 3 aromatic rings. The molecular weight excluding hydrogens is 481 g/mol. The number of carbonyl (C=O) groups is 2. The van der Waals surface area contributed by atoms with Crippen LogP contribution in [0.15, 0.2) is 78.2 Å². The van der Waals surface area contributed by atoms with E-state index >= 15 is 0 Å². The second kappa shape index (κ2) is 10.2. The van der Waals surface area contributed by atoms with Gasteiger partial charge in [0.1, 0.15) is 17.4 Å². The van der Waals surface area contributed by atoms with E-state index in [1.165, 1.54) is 16.2 Å². The van der Waals surface area contributed by atoms with Gasteiger partial charge < -0.3 is 17.2 Å². The van der Waals surface area contributed by atoms with Crippen LogP contribution in [0.25, 0.3) is 0 Å². The van der Waals surface area contributed by atoms with Gasteiger partial charge in [-0.3, -0.25) is 8.68 Å². The molecule has 1 aromatic heterocycles. The van der Waals surface area contributed by atoms with Crippen molar-refractivity contribution in [2.75, 3.05) is 0 Å². The number of β-lactam (4-membered cyclic amide) rings is 1. The Hall–Kier alpha value is -2.23. The summed E-state index contributed by atoms with van der Waals surface area (Å²) in [6.07, 6.45) is -0.649. The summed E-state index contributed by atoms with van der Waals surface area (Å²) >= 11 is 7.58. The molecule has 0 unspecified atom stereocenters. The highest BCUT2D eigenvalue weighted by atomic mass is 32.1. The van der Waals surface area contributed by atoms with Crippen molar-refractivity contribution in [3.8, 4) is 0 Å². The molecule has 0 aliphatic carbocycles. The van der Waals surface area contributed by atoms with Crippen LogP contribution >= 0.6 is 11.3 Å². The van der Waals surface area contributed by atoms with Crippen LogP contribution < -0.4 is 3.89 Å². The SMILES string of the molecule is CC[Si](CC)(CC)O[C@H]1C(=O)N(C(=O)[N+]([S-])(c2ccccc2)c2ccccc2)[C@H]1c1cccs1.